The number of carbonyl (C=O) groups excluding carboxylic acids is 2. The number of ether oxygens (including phenoxy) is 1. The molecule has 0 atom stereocenters. The van der Waals surface area contributed by atoms with Crippen LogP contribution in [0.4, 0.5) is 5.13 Å². The Morgan fingerprint density at radius 3 is 2.64 bits per heavy atom. The zero-order chi connectivity index (χ0) is 19.5. The molecule has 6 heteroatoms. The second-order valence-electron chi connectivity index (χ2n) is 6.65. The van der Waals surface area contributed by atoms with Crippen molar-refractivity contribution in [2.75, 3.05) is 12.4 Å². The van der Waals surface area contributed by atoms with E-state index in [2.05, 4.69) is 22.4 Å². The summed E-state index contributed by atoms with van der Waals surface area (Å²) in [6.07, 6.45) is 2.22. The van der Waals surface area contributed by atoms with Gasteiger partial charge in [0.25, 0.3) is 0 Å². The largest absolute Gasteiger partial charge is 0.497 e. The number of methoxy groups -OCH3 is 1. The summed E-state index contributed by atoms with van der Waals surface area (Å²) in [6, 6.07) is 15.2. The number of hydrogen-bond donors (Lipinski definition) is 1. The van der Waals surface area contributed by atoms with Crippen LogP contribution in [0.2, 0.25) is 0 Å². The normalized spacial score (nSPS) is 12.0. The zero-order valence-corrected chi connectivity index (χ0v) is 16.3. The number of Topliss-reactive ketones (excluding diaryl/α,β-unsaturated/α-hetero) is 1. The van der Waals surface area contributed by atoms with E-state index in [0.717, 1.165) is 24.1 Å². The third kappa shape index (κ3) is 3.82. The lowest BCUT2D eigenvalue weighted by Gasteiger charge is -2.13. The van der Waals surface area contributed by atoms with Gasteiger partial charge in [-0.2, -0.15) is 0 Å². The van der Waals surface area contributed by atoms with Crippen LogP contribution in [0.5, 0.6) is 5.75 Å². The SMILES string of the molecule is COc1ccc(C(=O)CCC(=O)Nc2nc3c(s2)CCc2ccccc2-3)cc1. The van der Waals surface area contributed by atoms with Gasteiger partial charge < -0.3 is 10.1 Å². The van der Waals surface area contributed by atoms with E-state index < -0.39 is 0 Å². The van der Waals surface area contributed by atoms with Crippen molar-refractivity contribution in [3.8, 4) is 17.0 Å². The average Bonchev–Trinajstić information content (AvgIpc) is 3.15. The molecule has 0 radical (unpaired) electrons. The Bertz CT molecular complexity index is 1020. The number of aromatic nitrogens is 1. The summed E-state index contributed by atoms with van der Waals surface area (Å²) in [4.78, 5) is 30.4. The molecule has 0 spiro atoms. The molecule has 0 aliphatic heterocycles. The van der Waals surface area contributed by atoms with E-state index in [-0.39, 0.29) is 24.5 Å². The Kier molecular flexibility index (Phi) is 5.21. The highest BCUT2D eigenvalue weighted by molar-refractivity contribution is 7.16. The summed E-state index contributed by atoms with van der Waals surface area (Å²) in [7, 11) is 1.58. The van der Waals surface area contributed by atoms with E-state index in [1.807, 2.05) is 12.1 Å². The van der Waals surface area contributed by atoms with E-state index in [9.17, 15) is 9.59 Å². The molecule has 0 bridgehead atoms. The van der Waals surface area contributed by atoms with Crippen molar-refractivity contribution >= 4 is 28.2 Å². The van der Waals surface area contributed by atoms with Crippen molar-refractivity contribution in [2.45, 2.75) is 25.7 Å². The predicted octanol–water partition coefficient (Wildman–Crippen LogP) is 4.52. The molecule has 0 saturated carbocycles. The lowest BCUT2D eigenvalue weighted by Crippen LogP contribution is -2.13. The molecular formula is C22H20N2O3S. The highest BCUT2D eigenvalue weighted by atomic mass is 32.1. The van der Waals surface area contributed by atoms with Crippen molar-refractivity contribution in [1.82, 2.24) is 4.98 Å². The average molecular weight is 392 g/mol. The fourth-order valence-corrected chi connectivity index (χ4v) is 4.32. The lowest BCUT2D eigenvalue weighted by atomic mass is 9.94. The number of fused-ring (bicyclic) bond motifs is 3. The number of hydrogen-bond acceptors (Lipinski definition) is 5. The topological polar surface area (TPSA) is 68.3 Å². The van der Waals surface area contributed by atoms with Crippen LogP contribution in [-0.4, -0.2) is 23.8 Å². The minimum absolute atomic E-state index is 0.0647. The summed E-state index contributed by atoms with van der Waals surface area (Å²) in [5.74, 6) is 0.440. The number of amides is 1. The maximum atomic E-state index is 12.3. The van der Waals surface area contributed by atoms with E-state index >= 15 is 0 Å². The molecule has 4 rings (SSSR count). The highest BCUT2D eigenvalue weighted by Crippen LogP contribution is 2.37. The number of anilines is 1. The first-order valence-corrected chi connectivity index (χ1v) is 10.0. The van der Waals surface area contributed by atoms with Crippen LogP contribution >= 0.6 is 11.3 Å². The molecule has 1 heterocycles. The Hall–Kier alpha value is -2.99. The third-order valence-corrected chi connectivity index (χ3v) is 5.86. The number of carbonyl (C=O) groups is 2. The first kappa shape index (κ1) is 18.4. The van der Waals surface area contributed by atoms with Gasteiger partial charge in [-0.25, -0.2) is 4.98 Å². The van der Waals surface area contributed by atoms with Gasteiger partial charge in [0.2, 0.25) is 5.91 Å². The number of ketones is 1. The van der Waals surface area contributed by atoms with Gasteiger partial charge in [0.1, 0.15) is 5.75 Å². The molecule has 1 aliphatic carbocycles. The quantitative estimate of drug-likeness (QED) is 0.626. The zero-order valence-electron chi connectivity index (χ0n) is 15.5. The smallest absolute Gasteiger partial charge is 0.226 e. The molecular weight excluding hydrogens is 372 g/mol. The Labute approximate surface area is 167 Å². The van der Waals surface area contributed by atoms with Crippen molar-refractivity contribution in [3.05, 3.63) is 64.5 Å². The number of nitrogens with one attached hydrogen (secondary N) is 1. The van der Waals surface area contributed by atoms with Gasteiger partial charge in [0.15, 0.2) is 10.9 Å². The van der Waals surface area contributed by atoms with E-state index in [1.165, 1.54) is 21.8 Å². The number of rotatable bonds is 6. The molecule has 28 heavy (non-hydrogen) atoms. The van der Waals surface area contributed by atoms with Gasteiger partial charge in [-0.15, -0.1) is 11.3 Å². The summed E-state index contributed by atoms with van der Waals surface area (Å²) < 4.78 is 5.09. The molecule has 0 fully saturated rings. The Morgan fingerprint density at radius 2 is 1.86 bits per heavy atom. The summed E-state index contributed by atoms with van der Waals surface area (Å²) in [5, 5.41) is 3.45. The van der Waals surface area contributed by atoms with Gasteiger partial charge in [0.05, 0.1) is 12.8 Å². The molecule has 0 saturated heterocycles. The van der Waals surface area contributed by atoms with Gasteiger partial charge in [-0.05, 0) is 42.7 Å². The second-order valence-corrected chi connectivity index (χ2v) is 7.73. The monoisotopic (exact) mass is 392 g/mol. The van der Waals surface area contributed by atoms with Crippen molar-refractivity contribution in [2.24, 2.45) is 0 Å². The molecule has 0 unspecified atom stereocenters. The molecule has 142 valence electrons. The molecule has 1 aromatic heterocycles. The molecule has 1 aliphatic rings. The molecule has 1 N–H and O–H groups in total. The van der Waals surface area contributed by atoms with Crippen LogP contribution in [0.25, 0.3) is 11.3 Å². The number of aryl methyl sites for hydroxylation is 2. The van der Waals surface area contributed by atoms with Crippen molar-refractivity contribution in [3.63, 3.8) is 0 Å². The first-order valence-electron chi connectivity index (χ1n) is 9.19. The van der Waals surface area contributed by atoms with Crippen LogP contribution in [0.3, 0.4) is 0 Å². The number of benzene rings is 2. The summed E-state index contributed by atoms with van der Waals surface area (Å²) in [6.45, 7) is 0. The standard InChI is InChI=1S/C22H20N2O3S/c1-27-16-9-6-15(7-10-16)18(25)11-13-20(26)23-22-24-21-17-5-3-2-4-14(17)8-12-19(21)28-22/h2-7,9-10H,8,11-13H2,1H3,(H,23,24,26). The lowest BCUT2D eigenvalue weighted by molar-refractivity contribution is -0.116. The highest BCUT2D eigenvalue weighted by Gasteiger charge is 2.21. The second kappa shape index (κ2) is 7.94. The van der Waals surface area contributed by atoms with Crippen LogP contribution < -0.4 is 10.1 Å². The van der Waals surface area contributed by atoms with Crippen LogP contribution in [0, 0.1) is 0 Å². The molecule has 5 nitrogen and oxygen atoms in total. The molecule has 3 aromatic rings. The first-order chi connectivity index (χ1) is 13.6. The fraction of sp³-hybridized carbons (Fsp3) is 0.227. The van der Waals surface area contributed by atoms with Gasteiger partial charge in [-0.1, -0.05) is 24.3 Å². The minimum atomic E-state index is -0.193. The summed E-state index contributed by atoms with van der Waals surface area (Å²) in [5.41, 5.74) is 3.99. The Morgan fingerprint density at radius 1 is 1.07 bits per heavy atom. The Balaban J connectivity index is 1.37. The van der Waals surface area contributed by atoms with E-state index in [4.69, 9.17) is 4.74 Å². The number of thiazole rings is 1. The number of nitrogens with zero attached hydrogens (tertiary/aromatic N) is 1. The third-order valence-electron chi connectivity index (χ3n) is 4.83. The van der Waals surface area contributed by atoms with Crippen molar-refractivity contribution in [1.29, 1.82) is 0 Å². The van der Waals surface area contributed by atoms with Gasteiger partial charge >= 0.3 is 0 Å². The van der Waals surface area contributed by atoms with E-state index in [1.54, 1.807) is 31.4 Å². The van der Waals surface area contributed by atoms with E-state index in [0.29, 0.717) is 16.4 Å². The fourth-order valence-electron chi connectivity index (χ4n) is 3.33. The summed E-state index contributed by atoms with van der Waals surface area (Å²) >= 11 is 1.52. The maximum Gasteiger partial charge on any atom is 0.226 e. The van der Waals surface area contributed by atoms with Gasteiger partial charge in [-0.3, -0.25) is 9.59 Å². The van der Waals surface area contributed by atoms with Crippen molar-refractivity contribution < 1.29 is 14.3 Å². The van der Waals surface area contributed by atoms with Crippen LogP contribution in [0.1, 0.15) is 33.6 Å². The van der Waals surface area contributed by atoms with Gasteiger partial charge in [0, 0.05) is 28.8 Å². The van der Waals surface area contributed by atoms with Crippen LogP contribution in [0.15, 0.2) is 48.5 Å². The van der Waals surface area contributed by atoms with Crippen LogP contribution in [-0.2, 0) is 17.6 Å². The maximum absolute atomic E-state index is 12.3. The minimum Gasteiger partial charge on any atom is -0.497 e. The molecule has 1 amide bonds. The molecule has 2 aromatic carbocycles. The predicted molar refractivity (Wildman–Crippen MR) is 110 cm³/mol.